The highest BCUT2D eigenvalue weighted by atomic mass is 32.2. The average molecular weight is 261 g/mol. The summed E-state index contributed by atoms with van der Waals surface area (Å²) in [4.78, 5) is 4.07. The molecule has 98 valence electrons. The molecule has 0 aliphatic rings. The van der Waals surface area contributed by atoms with E-state index in [9.17, 15) is 8.42 Å². The second-order valence-corrected chi connectivity index (χ2v) is 6.10. The van der Waals surface area contributed by atoms with Crippen molar-refractivity contribution in [2.24, 2.45) is 5.73 Å². The van der Waals surface area contributed by atoms with Gasteiger partial charge in [0.15, 0.2) is 5.82 Å². The second kappa shape index (κ2) is 6.08. The predicted molar refractivity (Wildman–Crippen MR) is 64.7 cm³/mol. The molecule has 8 heteroatoms. The molecule has 0 saturated carbocycles. The van der Waals surface area contributed by atoms with E-state index in [2.05, 4.69) is 15.2 Å². The third-order valence-electron chi connectivity index (χ3n) is 2.34. The normalized spacial score (nSPS) is 12.2. The number of rotatable bonds is 7. The Morgan fingerprint density at radius 3 is 2.65 bits per heavy atom. The lowest BCUT2D eigenvalue weighted by Gasteiger charge is -2.15. The van der Waals surface area contributed by atoms with Crippen LogP contribution in [0.5, 0.6) is 0 Å². The maximum Gasteiger partial charge on any atom is 0.214 e. The first-order valence-electron chi connectivity index (χ1n) is 5.47. The number of aromatic nitrogens is 3. The van der Waals surface area contributed by atoms with Crippen molar-refractivity contribution in [3.63, 3.8) is 0 Å². The van der Waals surface area contributed by atoms with Gasteiger partial charge in [-0.25, -0.2) is 13.4 Å². The summed E-state index contributed by atoms with van der Waals surface area (Å²) in [5.41, 5.74) is 5.33. The molecule has 0 spiro atoms. The molecule has 17 heavy (non-hydrogen) atoms. The second-order valence-electron chi connectivity index (χ2n) is 3.90. The zero-order chi connectivity index (χ0) is 12.9. The van der Waals surface area contributed by atoms with Gasteiger partial charge in [0.25, 0.3) is 0 Å². The quantitative estimate of drug-likeness (QED) is 0.651. The largest absolute Gasteiger partial charge is 0.330 e. The Morgan fingerprint density at radius 1 is 1.41 bits per heavy atom. The summed E-state index contributed by atoms with van der Waals surface area (Å²) in [6.07, 6.45) is 1.29. The van der Waals surface area contributed by atoms with Crippen LogP contribution in [0.25, 0.3) is 0 Å². The van der Waals surface area contributed by atoms with Gasteiger partial charge in [-0.2, -0.15) is 9.40 Å². The maximum absolute atomic E-state index is 11.8. The molecule has 0 amide bonds. The molecule has 3 N–H and O–H groups in total. The van der Waals surface area contributed by atoms with E-state index in [0.29, 0.717) is 31.0 Å². The van der Waals surface area contributed by atoms with Crippen LogP contribution in [0.1, 0.15) is 24.5 Å². The third-order valence-corrected chi connectivity index (χ3v) is 4.22. The first-order valence-corrected chi connectivity index (χ1v) is 7.08. The highest BCUT2D eigenvalue weighted by molar-refractivity contribution is 7.89. The zero-order valence-electron chi connectivity index (χ0n) is 10.2. The summed E-state index contributed by atoms with van der Waals surface area (Å²) in [7, 11) is -1.71. The van der Waals surface area contributed by atoms with Crippen LogP contribution in [0.15, 0.2) is 0 Å². The predicted octanol–water partition coefficient (Wildman–Crippen LogP) is -0.386. The molecule has 7 nitrogen and oxygen atoms in total. The van der Waals surface area contributed by atoms with Crippen molar-refractivity contribution in [3.8, 4) is 0 Å². The summed E-state index contributed by atoms with van der Waals surface area (Å²) in [5.74, 6) is 1.27. The number of nitrogens with zero attached hydrogens (tertiary/aromatic N) is 3. The van der Waals surface area contributed by atoms with Crippen LogP contribution in [0.3, 0.4) is 0 Å². The number of sulfonamides is 1. The number of nitrogens with two attached hydrogens (primary N) is 1. The molecular formula is C9H19N5O2S. The van der Waals surface area contributed by atoms with Crippen LogP contribution in [-0.4, -0.2) is 47.2 Å². The monoisotopic (exact) mass is 261 g/mol. The standard InChI is InChI=1S/C9H19N5O2S/c1-8-11-9(13-12-8)7-14(2)17(15,16)6-4-3-5-10/h3-7,10H2,1-2H3,(H,11,12,13). The number of hydrogen-bond donors (Lipinski definition) is 2. The Hall–Kier alpha value is -0.990. The third kappa shape index (κ3) is 4.41. The molecule has 0 atom stereocenters. The Morgan fingerprint density at radius 2 is 2.12 bits per heavy atom. The lowest BCUT2D eigenvalue weighted by molar-refractivity contribution is 0.455. The van der Waals surface area contributed by atoms with E-state index >= 15 is 0 Å². The fourth-order valence-corrected chi connectivity index (χ4v) is 2.53. The lowest BCUT2D eigenvalue weighted by Crippen LogP contribution is -2.29. The molecule has 1 rings (SSSR count). The first-order chi connectivity index (χ1) is 7.95. The van der Waals surface area contributed by atoms with E-state index in [0.717, 1.165) is 0 Å². The van der Waals surface area contributed by atoms with Crippen molar-refractivity contribution in [1.82, 2.24) is 19.5 Å². The molecule has 0 aliphatic carbocycles. The van der Waals surface area contributed by atoms with E-state index in [-0.39, 0.29) is 12.3 Å². The van der Waals surface area contributed by atoms with Gasteiger partial charge in [0.2, 0.25) is 10.0 Å². The Balaban J connectivity index is 2.53. The summed E-state index contributed by atoms with van der Waals surface area (Å²) in [6.45, 7) is 2.47. The SMILES string of the molecule is Cc1nc(CN(C)S(=O)(=O)CCCCN)n[nH]1. The first kappa shape index (κ1) is 14.1. The maximum atomic E-state index is 11.8. The fourth-order valence-electron chi connectivity index (χ4n) is 1.34. The number of unbranched alkanes of at least 4 members (excludes halogenated alkanes) is 1. The summed E-state index contributed by atoms with van der Waals surface area (Å²) < 4.78 is 24.9. The minimum Gasteiger partial charge on any atom is -0.330 e. The molecule has 0 bridgehead atoms. The van der Waals surface area contributed by atoms with E-state index in [1.54, 1.807) is 6.92 Å². The minimum absolute atomic E-state index is 0.115. The van der Waals surface area contributed by atoms with Crippen molar-refractivity contribution >= 4 is 10.0 Å². The van der Waals surface area contributed by atoms with Gasteiger partial charge < -0.3 is 5.73 Å². The van der Waals surface area contributed by atoms with Gasteiger partial charge in [0.1, 0.15) is 5.82 Å². The highest BCUT2D eigenvalue weighted by Gasteiger charge is 2.18. The summed E-state index contributed by atoms with van der Waals surface area (Å²) >= 11 is 0. The van der Waals surface area contributed by atoms with Crippen LogP contribution in [0.2, 0.25) is 0 Å². The Kier molecular flexibility index (Phi) is 5.03. The van der Waals surface area contributed by atoms with Gasteiger partial charge in [-0.05, 0) is 26.3 Å². The van der Waals surface area contributed by atoms with Crippen LogP contribution < -0.4 is 5.73 Å². The molecular weight excluding hydrogens is 242 g/mol. The van der Waals surface area contributed by atoms with Gasteiger partial charge >= 0.3 is 0 Å². The fraction of sp³-hybridized carbons (Fsp3) is 0.778. The van der Waals surface area contributed by atoms with Crippen LogP contribution in [-0.2, 0) is 16.6 Å². The van der Waals surface area contributed by atoms with Gasteiger partial charge in [-0.3, -0.25) is 5.10 Å². The number of H-pyrrole nitrogens is 1. The number of aromatic amines is 1. The lowest BCUT2D eigenvalue weighted by atomic mass is 10.3. The van der Waals surface area contributed by atoms with Crippen molar-refractivity contribution < 1.29 is 8.42 Å². The van der Waals surface area contributed by atoms with Crippen LogP contribution in [0.4, 0.5) is 0 Å². The number of hydrogen-bond acceptors (Lipinski definition) is 5. The van der Waals surface area contributed by atoms with E-state index in [1.807, 2.05) is 0 Å². The molecule has 0 aromatic carbocycles. The Labute approximate surface area is 101 Å². The van der Waals surface area contributed by atoms with E-state index < -0.39 is 10.0 Å². The summed E-state index contributed by atoms with van der Waals surface area (Å²) in [6, 6.07) is 0. The molecule has 1 aromatic heterocycles. The summed E-state index contributed by atoms with van der Waals surface area (Å²) in [5, 5.41) is 6.58. The van der Waals surface area contributed by atoms with Crippen LogP contribution >= 0.6 is 0 Å². The number of aryl methyl sites for hydroxylation is 1. The number of nitrogens with one attached hydrogen (secondary N) is 1. The minimum atomic E-state index is -3.24. The van der Waals surface area contributed by atoms with E-state index in [1.165, 1.54) is 11.4 Å². The molecule has 1 heterocycles. The van der Waals surface area contributed by atoms with Crippen molar-refractivity contribution in [3.05, 3.63) is 11.6 Å². The van der Waals surface area contributed by atoms with E-state index in [4.69, 9.17) is 5.73 Å². The van der Waals surface area contributed by atoms with Crippen molar-refractivity contribution in [2.45, 2.75) is 26.3 Å². The Bertz CT molecular complexity index is 442. The van der Waals surface area contributed by atoms with Crippen molar-refractivity contribution in [1.29, 1.82) is 0 Å². The van der Waals surface area contributed by atoms with Crippen LogP contribution in [0, 0.1) is 6.92 Å². The zero-order valence-corrected chi connectivity index (χ0v) is 11.0. The smallest absolute Gasteiger partial charge is 0.214 e. The molecule has 0 radical (unpaired) electrons. The molecule has 0 unspecified atom stereocenters. The topological polar surface area (TPSA) is 105 Å². The van der Waals surface area contributed by atoms with Gasteiger partial charge in [0.05, 0.1) is 12.3 Å². The van der Waals surface area contributed by atoms with Gasteiger partial charge in [-0.1, -0.05) is 0 Å². The molecule has 1 aromatic rings. The molecule has 0 fully saturated rings. The van der Waals surface area contributed by atoms with Gasteiger partial charge in [-0.15, -0.1) is 0 Å². The van der Waals surface area contributed by atoms with Crippen molar-refractivity contribution in [2.75, 3.05) is 19.3 Å². The highest BCUT2D eigenvalue weighted by Crippen LogP contribution is 2.06. The molecule has 0 saturated heterocycles. The van der Waals surface area contributed by atoms with Gasteiger partial charge in [0, 0.05) is 7.05 Å². The molecule has 0 aliphatic heterocycles. The average Bonchev–Trinajstić information content (AvgIpc) is 2.64.